The number of imidazole rings is 1. The Labute approximate surface area is 107 Å². The smallest absolute Gasteiger partial charge is 0.354 e. The van der Waals surface area contributed by atoms with Crippen molar-refractivity contribution >= 4 is 27.5 Å². The summed E-state index contributed by atoms with van der Waals surface area (Å²) in [5, 5.41) is 9.28. The molecule has 2 heterocycles. The predicted molar refractivity (Wildman–Crippen MR) is 68.6 cm³/mol. The molecule has 0 atom stereocenters. The number of nitrogens with zero attached hydrogens (tertiary/aromatic N) is 2. The van der Waals surface area contributed by atoms with Crippen molar-refractivity contribution in [1.82, 2.24) is 9.38 Å². The van der Waals surface area contributed by atoms with Gasteiger partial charge in [-0.3, -0.25) is 4.40 Å². The Balaban J connectivity index is 2.80. The topological polar surface area (TPSA) is 54.6 Å². The number of aryl methyl sites for hydroxylation is 2. The van der Waals surface area contributed by atoms with Crippen LogP contribution in [0.5, 0.6) is 0 Å². The fourth-order valence-corrected chi connectivity index (χ4v) is 2.50. The van der Waals surface area contributed by atoms with E-state index in [1.165, 1.54) is 0 Å². The van der Waals surface area contributed by atoms with E-state index in [2.05, 4.69) is 20.9 Å². The van der Waals surface area contributed by atoms with Crippen molar-refractivity contribution in [2.24, 2.45) is 0 Å². The van der Waals surface area contributed by atoms with Crippen LogP contribution in [0.4, 0.5) is 0 Å². The van der Waals surface area contributed by atoms with Crippen LogP contribution in [-0.2, 0) is 6.42 Å². The average molecular weight is 297 g/mol. The third-order valence-corrected chi connectivity index (χ3v) is 3.07. The predicted octanol–water partition coefficient (Wildman–Crippen LogP) is 3.06. The highest BCUT2D eigenvalue weighted by atomic mass is 79.9. The highest BCUT2D eigenvalue weighted by molar-refractivity contribution is 9.10. The first-order chi connectivity index (χ1) is 8.04. The number of halogens is 1. The van der Waals surface area contributed by atoms with E-state index in [4.69, 9.17) is 0 Å². The molecule has 4 nitrogen and oxygen atoms in total. The van der Waals surface area contributed by atoms with Gasteiger partial charge in [0, 0.05) is 10.7 Å². The Kier molecular flexibility index (Phi) is 3.19. The van der Waals surface area contributed by atoms with Gasteiger partial charge in [-0.2, -0.15) is 0 Å². The Morgan fingerprint density at radius 3 is 2.88 bits per heavy atom. The maximum absolute atomic E-state index is 11.3. The summed E-state index contributed by atoms with van der Waals surface area (Å²) in [4.78, 5) is 15.7. The largest absolute Gasteiger partial charge is 0.477 e. The molecular formula is C12H13BrN2O2. The van der Waals surface area contributed by atoms with Gasteiger partial charge in [-0.15, -0.1) is 0 Å². The van der Waals surface area contributed by atoms with Crippen molar-refractivity contribution < 1.29 is 9.90 Å². The maximum atomic E-state index is 11.3. The number of hydrogen-bond acceptors (Lipinski definition) is 2. The number of rotatable bonds is 3. The fraction of sp³-hybridized carbons (Fsp3) is 0.333. The third-order valence-electron chi connectivity index (χ3n) is 2.63. The van der Waals surface area contributed by atoms with E-state index in [1.54, 1.807) is 10.6 Å². The van der Waals surface area contributed by atoms with Crippen molar-refractivity contribution in [1.29, 1.82) is 0 Å². The van der Waals surface area contributed by atoms with Gasteiger partial charge < -0.3 is 5.11 Å². The van der Waals surface area contributed by atoms with E-state index in [1.807, 2.05) is 19.9 Å². The molecule has 0 aliphatic rings. The quantitative estimate of drug-likeness (QED) is 0.947. The third kappa shape index (κ3) is 2.07. The molecule has 2 aromatic heterocycles. The van der Waals surface area contributed by atoms with E-state index in [-0.39, 0.29) is 5.69 Å². The molecule has 0 aliphatic carbocycles. The number of fused-ring (bicyclic) bond motifs is 1. The van der Waals surface area contributed by atoms with E-state index in [0.717, 1.165) is 16.5 Å². The summed E-state index contributed by atoms with van der Waals surface area (Å²) in [6.07, 6.45) is 3.31. The van der Waals surface area contributed by atoms with Crippen LogP contribution in [0.15, 0.2) is 16.7 Å². The summed E-state index contributed by atoms with van der Waals surface area (Å²) in [6.45, 7) is 3.94. The number of hydrogen-bond donors (Lipinski definition) is 1. The molecule has 0 fully saturated rings. The van der Waals surface area contributed by atoms with Crippen LogP contribution in [0, 0.1) is 6.92 Å². The molecule has 0 aliphatic heterocycles. The number of carboxylic acids is 1. The Morgan fingerprint density at radius 1 is 1.59 bits per heavy atom. The summed E-state index contributed by atoms with van der Waals surface area (Å²) in [7, 11) is 0. The lowest BCUT2D eigenvalue weighted by molar-refractivity contribution is 0.0688. The average Bonchev–Trinajstić information content (AvgIpc) is 2.57. The molecule has 17 heavy (non-hydrogen) atoms. The molecule has 0 bridgehead atoms. The van der Waals surface area contributed by atoms with Crippen molar-refractivity contribution in [3.8, 4) is 0 Å². The van der Waals surface area contributed by atoms with Gasteiger partial charge in [0.15, 0.2) is 5.69 Å². The number of aromatic carboxylic acids is 1. The second-order valence-corrected chi connectivity index (χ2v) is 4.91. The monoisotopic (exact) mass is 296 g/mol. The molecule has 2 rings (SSSR count). The molecule has 0 unspecified atom stereocenters. The summed E-state index contributed by atoms with van der Waals surface area (Å²) in [6, 6.07) is 1.93. The molecule has 0 amide bonds. The molecule has 1 N–H and O–H groups in total. The first-order valence-electron chi connectivity index (χ1n) is 5.45. The second kappa shape index (κ2) is 4.49. The van der Waals surface area contributed by atoms with Gasteiger partial charge in [0.25, 0.3) is 0 Å². The van der Waals surface area contributed by atoms with Crippen molar-refractivity contribution in [2.45, 2.75) is 26.7 Å². The van der Waals surface area contributed by atoms with Crippen molar-refractivity contribution in [3.63, 3.8) is 0 Å². The van der Waals surface area contributed by atoms with Crippen LogP contribution < -0.4 is 0 Å². The standard InChI is InChI=1S/C12H13BrN2O2/c1-3-4-9-10(12(16)17)15-6-8(13)5-7(2)11(15)14-9/h5-6H,3-4H2,1-2H3,(H,16,17). The highest BCUT2D eigenvalue weighted by Gasteiger charge is 2.19. The minimum atomic E-state index is -0.932. The maximum Gasteiger partial charge on any atom is 0.354 e. The molecule has 0 saturated carbocycles. The van der Waals surface area contributed by atoms with Crippen LogP contribution in [0.3, 0.4) is 0 Å². The van der Waals surface area contributed by atoms with Crippen LogP contribution in [0.1, 0.15) is 35.1 Å². The normalized spacial score (nSPS) is 11.0. The number of pyridine rings is 1. The minimum Gasteiger partial charge on any atom is -0.477 e. The van der Waals surface area contributed by atoms with Gasteiger partial charge in [0.1, 0.15) is 5.65 Å². The van der Waals surface area contributed by atoms with Crippen LogP contribution in [-0.4, -0.2) is 20.5 Å². The lowest BCUT2D eigenvalue weighted by Gasteiger charge is -2.01. The Hall–Kier alpha value is -1.36. The molecule has 2 aromatic rings. The van der Waals surface area contributed by atoms with Crippen LogP contribution >= 0.6 is 15.9 Å². The van der Waals surface area contributed by atoms with Gasteiger partial charge in [-0.25, -0.2) is 9.78 Å². The molecule has 0 saturated heterocycles. The Morgan fingerprint density at radius 2 is 2.29 bits per heavy atom. The number of carbonyl (C=O) groups is 1. The van der Waals surface area contributed by atoms with E-state index < -0.39 is 5.97 Å². The van der Waals surface area contributed by atoms with Gasteiger partial charge in [0.05, 0.1) is 5.69 Å². The zero-order chi connectivity index (χ0) is 12.6. The molecule has 5 heteroatoms. The summed E-state index contributed by atoms with van der Waals surface area (Å²) in [5.74, 6) is -0.932. The molecule has 0 aromatic carbocycles. The zero-order valence-corrected chi connectivity index (χ0v) is 11.3. The summed E-state index contributed by atoms with van der Waals surface area (Å²) >= 11 is 3.37. The first-order valence-corrected chi connectivity index (χ1v) is 6.24. The molecule has 0 radical (unpaired) electrons. The second-order valence-electron chi connectivity index (χ2n) is 4.00. The molecule has 0 spiro atoms. The SMILES string of the molecule is CCCc1nc2c(C)cc(Br)cn2c1C(=O)O. The van der Waals surface area contributed by atoms with Crippen LogP contribution in [0.25, 0.3) is 5.65 Å². The van der Waals surface area contributed by atoms with Gasteiger partial charge in [-0.1, -0.05) is 13.3 Å². The first kappa shape index (κ1) is 12.1. The van der Waals surface area contributed by atoms with Crippen LogP contribution in [0.2, 0.25) is 0 Å². The lowest BCUT2D eigenvalue weighted by atomic mass is 10.2. The van der Waals surface area contributed by atoms with Gasteiger partial charge in [-0.05, 0) is 40.9 Å². The van der Waals surface area contributed by atoms with E-state index in [9.17, 15) is 9.90 Å². The lowest BCUT2D eigenvalue weighted by Crippen LogP contribution is -2.05. The summed E-state index contributed by atoms with van der Waals surface area (Å²) < 4.78 is 2.50. The van der Waals surface area contributed by atoms with Crippen molar-refractivity contribution in [2.75, 3.05) is 0 Å². The Bertz CT molecular complexity index is 590. The minimum absolute atomic E-state index is 0.270. The molecule has 90 valence electrons. The summed E-state index contributed by atoms with van der Waals surface area (Å²) in [5.41, 5.74) is 2.60. The van der Waals surface area contributed by atoms with Gasteiger partial charge >= 0.3 is 5.97 Å². The number of aromatic nitrogens is 2. The van der Waals surface area contributed by atoms with E-state index >= 15 is 0 Å². The van der Waals surface area contributed by atoms with Gasteiger partial charge in [0.2, 0.25) is 0 Å². The zero-order valence-electron chi connectivity index (χ0n) is 9.70. The highest BCUT2D eigenvalue weighted by Crippen LogP contribution is 2.21. The number of carboxylic acid groups (broad SMARTS) is 1. The van der Waals surface area contributed by atoms with Crippen molar-refractivity contribution in [3.05, 3.63) is 33.7 Å². The fourth-order valence-electron chi connectivity index (χ4n) is 1.95. The van der Waals surface area contributed by atoms with E-state index in [0.29, 0.717) is 17.8 Å². The molecular weight excluding hydrogens is 284 g/mol.